The van der Waals surface area contributed by atoms with E-state index >= 15 is 0 Å². The van der Waals surface area contributed by atoms with E-state index in [4.69, 9.17) is 25.8 Å². The maximum atomic E-state index is 13.2. The number of epoxide rings is 1. The third-order valence-electron chi connectivity index (χ3n) is 7.71. The number of aliphatic hydroxyl groups excluding tert-OH is 2. The molecular weight excluding hydrogens is 500 g/mol. The fraction of sp³-hybridized carbons (Fsp3) is 0.593. The third kappa shape index (κ3) is 5.88. The summed E-state index contributed by atoms with van der Waals surface area (Å²) >= 11 is 6.57. The Hall–Kier alpha value is -1.98. The van der Waals surface area contributed by atoms with Gasteiger partial charge in [-0.1, -0.05) is 42.3 Å². The number of ether oxygens (including phenoxy) is 3. The lowest BCUT2D eigenvalue weighted by Gasteiger charge is -2.42. The zero-order valence-corrected chi connectivity index (χ0v) is 22.7. The number of anilines is 1. The standard InChI is InChI=1S/C27H37ClN2O7/c1-15-8-6-7-9-27(34)14-20(36-25(33)29-27)16(2)24-26(3,37-24)21(31)13-22(32)30(4)18-11-17(10-15)12-19(35-5)23(18)28/h6-8,11-12,16,20-21,24-25,29,31,33-34H,9-10,13-14H2,1-5H3/b7-6+,15-8+/t16-,20+,21+,24+,25?,26+,27-/m1/s1. The van der Waals surface area contributed by atoms with Gasteiger partial charge < -0.3 is 34.4 Å². The van der Waals surface area contributed by atoms with Crippen LogP contribution in [0.25, 0.3) is 0 Å². The van der Waals surface area contributed by atoms with Crippen molar-refractivity contribution in [2.75, 3.05) is 19.1 Å². The van der Waals surface area contributed by atoms with Gasteiger partial charge in [-0.2, -0.15) is 0 Å². The Morgan fingerprint density at radius 3 is 2.73 bits per heavy atom. The van der Waals surface area contributed by atoms with Gasteiger partial charge in [0, 0.05) is 25.8 Å². The van der Waals surface area contributed by atoms with Gasteiger partial charge in [-0.3, -0.25) is 4.79 Å². The van der Waals surface area contributed by atoms with Crippen LogP contribution in [0.3, 0.4) is 0 Å². The SMILES string of the molecule is COc1cc2cc(c1Cl)N(C)C(=O)C[C@H](O)[C@]1(C)O[C@H]1[C@H](C)[C@@H]1C[C@](O)(C/C=C/C=C(\C)C2)NC(O)O1. The second kappa shape index (κ2) is 10.6. The Balaban J connectivity index is 1.69. The average Bonchev–Trinajstić information content (AvgIpc) is 3.53. The number of aliphatic hydroxyl groups is 3. The van der Waals surface area contributed by atoms with Gasteiger partial charge in [0.2, 0.25) is 12.3 Å². The maximum absolute atomic E-state index is 13.2. The Labute approximate surface area is 222 Å². The minimum atomic E-state index is -1.38. The Morgan fingerprint density at radius 2 is 2.03 bits per heavy atom. The predicted octanol–water partition coefficient (Wildman–Crippen LogP) is 2.65. The molecule has 1 amide bonds. The number of carbonyl (C=O) groups excluding carboxylic acids is 1. The summed E-state index contributed by atoms with van der Waals surface area (Å²) in [5.41, 5.74) is 0.0842. The lowest BCUT2D eigenvalue weighted by atomic mass is 9.84. The number of fused-ring (bicyclic) bond motifs is 5. The van der Waals surface area contributed by atoms with Gasteiger partial charge in [-0.05, 0) is 38.0 Å². The molecule has 204 valence electrons. The molecule has 4 bridgehead atoms. The van der Waals surface area contributed by atoms with Crippen molar-refractivity contribution in [3.05, 3.63) is 46.5 Å². The number of nitrogens with zero attached hydrogens (tertiary/aromatic N) is 1. The van der Waals surface area contributed by atoms with E-state index in [0.29, 0.717) is 22.9 Å². The summed E-state index contributed by atoms with van der Waals surface area (Å²) in [7, 11) is 3.14. The average molecular weight is 537 g/mol. The molecule has 1 unspecified atom stereocenters. The first kappa shape index (κ1) is 28.0. The van der Waals surface area contributed by atoms with Crippen molar-refractivity contribution in [2.24, 2.45) is 5.92 Å². The van der Waals surface area contributed by atoms with Gasteiger partial charge in [0.1, 0.15) is 22.1 Å². The predicted molar refractivity (Wildman–Crippen MR) is 139 cm³/mol. The number of nitrogens with one attached hydrogen (secondary N) is 1. The van der Waals surface area contributed by atoms with Gasteiger partial charge in [0.25, 0.3) is 0 Å². The smallest absolute Gasteiger partial charge is 0.229 e. The number of halogens is 1. The van der Waals surface area contributed by atoms with E-state index < -0.39 is 36.1 Å². The maximum Gasteiger partial charge on any atom is 0.229 e. The number of amides is 1. The van der Waals surface area contributed by atoms with Crippen molar-refractivity contribution in [2.45, 2.75) is 82.5 Å². The first-order valence-corrected chi connectivity index (χ1v) is 12.9. The molecule has 10 heteroatoms. The summed E-state index contributed by atoms with van der Waals surface area (Å²) in [5, 5.41) is 35.5. The summed E-state index contributed by atoms with van der Waals surface area (Å²) in [6.45, 7) is 5.63. The molecule has 0 saturated carbocycles. The van der Waals surface area contributed by atoms with E-state index in [-0.39, 0.29) is 31.1 Å². The Morgan fingerprint density at radius 1 is 1.30 bits per heavy atom. The van der Waals surface area contributed by atoms with Gasteiger partial charge in [-0.15, -0.1) is 0 Å². The molecular formula is C27H37ClN2O7. The topological polar surface area (TPSA) is 124 Å². The number of carbonyl (C=O) groups is 1. The van der Waals surface area contributed by atoms with E-state index in [1.165, 1.54) is 12.0 Å². The molecule has 2 saturated heterocycles. The fourth-order valence-electron chi connectivity index (χ4n) is 5.30. The molecule has 0 radical (unpaired) electrons. The van der Waals surface area contributed by atoms with Crippen molar-refractivity contribution in [1.29, 1.82) is 0 Å². The van der Waals surface area contributed by atoms with Gasteiger partial charge in [0.05, 0.1) is 37.5 Å². The highest BCUT2D eigenvalue weighted by molar-refractivity contribution is 6.35. The second-order valence-electron chi connectivity index (χ2n) is 10.6. The largest absolute Gasteiger partial charge is 0.495 e. The van der Waals surface area contributed by atoms with Crippen LogP contribution in [0.15, 0.2) is 35.9 Å². The Kier molecular flexibility index (Phi) is 8.07. The lowest BCUT2D eigenvalue weighted by Crippen LogP contribution is -2.60. The number of benzene rings is 1. The van der Waals surface area contributed by atoms with E-state index in [1.807, 2.05) is 44.2 Å². The van der Waals surface area contributed by atoms with Crippen molar-refractivity contribution in [1.82, 2.24) is 5.32 Å². The summed E-state index contributed by atoms with van der Waals surface area (Å²) in [4.78, 5) is 14.7. The van der Waals surface area contributed by atoms with Gasteiger partial charge in [0.15, 0.2) is 0 Å². The fourth-order valence-corrected chi connectivity index (χ4v) is 5.62. The Bertz CT molecular complexity index is 1090. The number of hydrogen-bond acceptors (Lipinski definition) is 8. The summed E-state index contributed by atoms with van der Waals surface area (Å²) in [5.74, 6) is -0.138. The van der Waals surface area contributed by atoms with Crippen molar-refractivity contribution in [3.63, 3.8) is 0 Å². The zero-order chi connectivity index (χ0) is 27.1. The van der Waals surface area contributed by atoms with Gasteiger partial charge in [-0.25, -0.2) is 5.32 Å². The molecule has 37 heavy (non-hydrogen) atoms. The molecule has 2 fully saturated rings. The van der Waals surface area contributed by atoms with Gasteiger partial charge >= 0.3 is 0 Å². The van der Waals surface area contributed by atoms with Crippen LogP contribution in [0, 0.1) is 5.92 Å². The van der Waals surface area contributed by atoms with Crippen LogP contribution in [-0.2, 0) is 20.7 Å². The summed E-state index contributed by atoms with van der Waals surface area (Å²) in [6, 6.07) is 3.68. The second-order valence-corrected chi connectivity index (χ2v) is 11.0. The number of methoxy groups -OCH3 is 1. The highest BCUT2D eigenvalue weighted by atomic mass is 35.5. The van der Waals surface area contributed by atoms with Crippen LogP contribution in [0.5, 0.6) is 5.75 Å². The molecule has 7 atom stereocenters. The molecule has 4 rings (SSSR count). The highest BCUT2D eigenvalue weighted by Crippen LogP contribution is 2.48. The van der Waals surface area contributed by atoms with Crippen molar-refractivity contribution >= 4 is 23.2 Å². The van der Waals surface area contributed by atoms with E-state index in [2.05, 4.69) is 5.32 Å². The first-order valence-electron chi connectivity index (χ1n) is 12.5. The normalized spacial score (nSPS) is 39.4. The number of hydrogen-bond donors (Lipinski definition) is 4. The van der Waals surface area contributed by atoms with Crippen LogP contribution in [-0.4, -0.2) is 71.4 Å². The molecule has 4 N–H and O–H groups in total. The summed E-state index contributed by atoms with van der Waals surface area (Å²) < 4.78 is 17.1. The number of rotatable bonds is 1. The van der Waals surface area contributed by atoms with Crippen molar-refractivity contribution < 1.29 is 34.3 Å². The van der Waals surface area contributed by atoms with Crippen LogP contribution < -0.4 is 15.0 Å². The third-order valence-corrected chi connectivity index (χ3v) is 8.09. The minimum Gasteiger partial charge on any atom is -0.495 e. The molecule has 3 aliphatic heterocycles. The highest BCUT2D eigenvalue weighted by Gasteiger charge is 2.62. The van der Waals surface area contributed by atoms with Crippen molar-refractivity contribution in [3.8, 4) is 5.75 Å². The number of allylic oxidation sites excluding steroid dienone is 3. The van der Waals surface area contributed by atoms with Crippen LogP contribution in [0.4, 0.5) is 5.69 Å². The quantitative estimate of drug-likeness (QED) is 0.404. The van der Waals surface area contributed by atoms with E-state index in [9.17, 15) is 20.1 Å². The molecule has 9 nitrogen and oxygen atoms in total. The molecule has 0 spiro atoms. The molecule has 1 aromatic rings. The van der Waals surface area contributed by atoms with Crippen LogP contribution in [0.2, 0.25) is 5.02 Å². The van der Waals surface area contributed by atoms with Crippen LogP contribution >= 0.6 is 11.6 Å². The minimum absolute atomic E-state index is 0.179. The lowest BCUT2D eigenvalue weighted by molar-refractivity contribution is -0.252. The first-order chi connectivity index (χ1) is 17.4. The van der Waals surface area contributed by atoms with E-state index in [0.717, 1.165) is 11.1 Å². The molecule has 3 aliphatic rings. The zero-order valence-electron chi connectivity index (χ0n) is 21.9. The van der Waals surface area contributed by atoms with E-state index in [1.54, 1.807) is 14.0 Å². The monoisotopic (exact) mass is 536 g/mol. The molecule has 0 aromatic heterocycles. The molecule has 1 aromatic carbocycles. The molecule has 0 aliphatic carbocycles. The van der Waals surface area contributed by atoms with Crippen LogP contribution in [0.1, 0.15) is 45.6 Å². The molecule has 3 heterocycles. The summed E-state index contributed by atoms with van der Waals surface area (Å²) in [6.07, 6.45) is 3.15.